The van der Waals surface area contributed by atoms with Gasteiger partial charge in [-0.2, -0.15) is 0 Å². The van der Waals surface area contributed by atoms with Gasteiger partial charge in [-0.05, 0) is 74.2 Å². The van der Waals surface area contributed by atoms with Gasteiger partial charge in [-0.1, -0.05) is 30.3 Å². The summed E-state index contributed by atoms with van der Waals surface area (Å²) in [4.78, 5) is 18.6. The number of aliphatic hydroxyl groups is 1. The summed E-state index contributed by atoms with van der Waals surface area (Å²) < 4.78 is 20.0. The number of piperidine rings is 1. The highest BCUT2D eigenvalue weighted by Crippen LogP contribution is 2.42. The Morgan fingerprint density at radius 1 is 1.22 bits per heavy atom. The summed E-state index contributed by atoms with van der Waals surface area (Å²) in [5.74, 6) is -0.776. The second-order valence-electron chi connectivity index (χ2n) is 10.2. The first kappa shape index (κ1) is 24.7. The predicted octanol–water partition coefficient (Wildman–Crippen LogP) is 5.17. The van der Waals surface area contributed by atoms with Gasteiger partial charge in [0, 0.05) is 23.5 Å². The Kier molecular flexibility index (Phi) is 7.21. The van der Waals surface area contributed by atoms with Crippen LogP contribution in [0.25, 0.3) is 10.9 Å². The number of carboxylic acid groups (broad SMARTS) is 1. The molecule has 2 fully saturated rings. The SMILES string of the molecule is COc1ccc2ncc(F)c([C@@H](O)CC[C@@H]3CCN(C4CC(c5ccccc5)C4)C[C@@H]3C(=O)O)c2c1. The Morgan fingerprint density at radius 3 is 2.72 bits per heavy atom. The third-order valence-corrected chi connectivity index (χ3v) is 8.22. The van der Waals surface area contributed by atoms with Gasteiger partial charge in [0.1, 0.15) is 11.6 Å². The van der Waals surface area contributed by atoms with E-state index in [0.717, 1.165) is 32.0 Å². The lowest BCUT2D eigenvalue weighted by molar-refractivity contribution is -0.147. The van der Waals surface area contributed by atoms with Crippen molar-refractivity contribution in [2.45, 2.75) is 50.2 Å². The molecule has 1 aliphatic heterocycles. The number of aliphatic hydroxyl groups excluding tert-OH is 1. The summed E-state index contributed by atoms with van der Waals surface area (Å²) in [6.07, 6.45) is 3.80. The van der Waals surface area contributed by atoms with E-state index in [-0.39, 0.29) is 11.5 Å². The Balaban J connectivity index is 1.22. The fraction of sp³-hybridized carbons (Fsp3) is 0.448. The van der Waals surface area contributed by atoms with Gasteiger partial charge in [-0.3, -0.25) is 14.7 Å². The molecular formula is C29H33FN2O4. The van der Waals surface area contributed by atoms with Crippen molar-refractivity contribution in [2.24, 2.45) is 11.8 Å². The molecule has 3 aromatic rings. The van der Waals surface area contributed by atoms with Crippen LogP contribution >= 0.6 is 0 Å². The Morgan fingerprint density at radius 2 is 2.00 bits per heavy atom. The Bertz CT molecular complexity index is 1210. The number of halogens is 1. The Labute approximate surface area is 210 Å². The second kappa shape index (κ2) is 10.5. The van der Waals surface area contributed by atoms with Crippen LogP contribution in [0.15, 0.2) is 54.7 Å². The number of methoxy groups -OCH3 is 1. The zero-order valence-electron chi connectivity index (χ0n) is 20.5. The number of carbonyl (C=O) groups is 1. The van der Waals surface area contributed by atoms with Crippen molar-refractivity contribution in [3.63, 3.8) is 0 Å². The molecule has 7 heteroatoms. The van der Waals surface area contributed by atoms with Gasteiger partial charge in [0.05, 0.1) is 30.8 Å². The summed E-state index contributed by atoms with van der Waals surface area (Å²) in [6, 6.07) is 16.1. The van der Waals surface area contributed by atoms with Crippen LogP contribution in [0.1, 0.15) is 55.3 Å². The van der Waals surface area contributed by atoms with Crippen LogP contribution < -0.4 is 4.74 Å². The van der Waals surface area contributed by atoms with E-state index >= 15 is 0 Å². The van der Waals surface area contributed by atoms with Gasteiger partial charge in [-0.25, -0.2) is 4.39 Å². The van der Waals surface area contributed by atoms with E-state index in [4.69, 9.17) is 4.74 Å². The van der Waals surface area contributed by atoms with Gasteiger partial charge < -0.3 is 14.9 Å². The summed E-state index contributed by atoms with van der Waals surface area (Å²) in [6.45, 7) is 1.40. The first-order valence-electron chi connectivity index (χ1n) is 12.8. The van der Waals surface area contributed by atoms with Crippen LogP contribution in [0.4, 0.5) is 4.39 Å². The highest BCUT2D eigenvalue weighted by Gasteiger charge is 2.41. The van der Waals surface area contributed by atoms with E-state index in [1.165, 1.54) is 12.7 Å². The molecule has 0 bridgehead atoms. The van der Waals surface area contributed by atoms with Crippen LogP contribution in [-0.4, -0.2) is 52.3 Å². The van der Waals surface area contributed by atoms with Gasteiger partial charge in [0.15, 0.2) is 0 Å². The lowest BCUT2D eigenvalue weighted by Gasteiger charge is -2.47. The van der Waals surface area contributed by atoms with E-state index in [1.807, 2.05) is 6.07 Å². The number of ether oxygens (including phenoxy) is 1. The highest BCUT2D eigenvalue weighted by atomic mass is 19.1. The quantitative estimate of drug-likeness (QED) is 0.452. The number of hydrogen-bond donors (Lipinski definition) is 2. The number of pyridine rings is 1. The molecule has 0 radical (unpaired) electrons. The zero-order valence-corrected chi connectivity index (χ0v) is 20.5. The molecule has 5 rings (SSSR count). The first-order chi connectivity index (χ1) is 17.4. The van der Waals surface area contributed by atoms with Crippen molar-refractivity contribution in [1.29, 1.82) is 0 Å². The topological polar surface area (TPSA) is 82.9 Å². The van der Waals surface area contributed by atoms with Crippen molar-refractivity contribution in [3.05, 3.63) is 71.7 Å². The number of aliphatic carboxylic acids is 1. The fourth-order valence-electron chi connectivity index (χ4n) is 6.02. The summed E-state index contributed by atoms with van der Waals surface area (Å²) in [7, 11) is 1.54. The van der Waals surface area contributed by atoms with Crippen molar-refractivity contribution >= 4 is 16.9 Å². The van der Waals surface area contributed by atoms with Crippen LogP contribution in [-0.2, 0) is 4.79 Å². The van der Waals surface area contributed by atoms with Crippen LogP contribution in [0.3, 0.4) is 0 Å². The minimum absolute atomic E-state index is 0.0518. The molecule has 3 atom stereocenters. The molecule has 0 unspecified atom stereocenters. The van der Waals surface area contributed by atoms with Gasteiger partial charge >= 0.3 is 5.97 Å². The first-order valence-corrected chi connectivity index (χ1v) is 12.8. The highest BCUT2D eigenvalue weighted by molar-refractivity contribution is 5.84. The van der Waals surface area contributed by atoms with E-state index < -0.39 is 23.8 Å². The molecule has 1 aliphatic carbocycles. The summed E-state index contributed by atoms with van der Waals surface area (Å²) >= 11 is 0. The van der Waals surface area contributed by atoms with E-state index in [1.54, 1.807) is 18.2 Å². The number of hydrogen-bond acceptors (Lipinski definition) is 5. The minimum atomic E-state index is -1.05. The molecule has 1 aromatic heterocycles. The lowest BCUT2D eigenvalue weighted by Crippen LogP contribution is -2.52. The number of fused-ring (bicyclic) bond motifs is 1. The van der Waals surface area contributed by atoms with E-state index in [9.17, 15) is 19.4 Å². The molecule has 1 saturated heterocycles. The maximum Gasteiger partial charge on any atom is 0.308 e. The summed E-state index contributed by atoms with van der Waals surface area (Å²) in [5, 5.41) is 21.5. The maximum atomic E-state index is 14.8. The number of aromatic nitrogens is 1. The fourth-order valence-corrected chi connectivity index (χ4v) is 6.02. The molecule has 190 valence electrons. The molecule has 2 N–H and O–H groups in total. The smallest absolute Gasteiger partial charge is 0.308 e. The number of likely N-dealkylation sites (tertiary alicyclic amines) is 1. The molecule has 6 nitrogen and oxygen atoms in total. The normalized spacial score (nSPS) is 25.3. The van der Waals surface area contributed by atoms with Crippen molar-refractivity contribution < 1.29 is 24.1 Å². The average molecular weight is 493 g/mol. The molecule has 1 saturated carbocycles. The predicted molar refractivity (Wildman–Crippen MR) is 135 cm³/mol. The maximum absolute atomic E-state index is 14.8. The van der Waals surface area contributed by atoms with Gasteiger partial charge in [-0.15, -0.1) is 0 Å². The van der Waals surface area contributed by atoms with Crippen molar-refractivity contribution in [3.8, 4) is 5.75 Å². The van der Waals surface area contributed by atoms with Crippen LogP contribution in [0.2, 0.25) is 0 Å². The summed E-state index contributed by atoms with van der Waals surface area (Å²) in [5.41, 5.74) is 2.14. The van der Waals surface area contributed by atoms with Gasteiger partial charge in [0.25, 0.3) is 0 Å². The van der Waals surface area contributed by atoms with Crippen LogP contribution in [0.5, 0.6) is 5.75 Å². The third-order valence-electron chi connectivity index (χ3n) is 8.22. The monoisotopic (exact) mass is 492 g/mol. The molecule has 2 aromatic carbocycles. The second-order valence-corrected chi connectivity index (χ2v) is 10.2. The van der Waals surface area contributed by atoms with Crippen molar-refractivity contribution in [1.82, 2.24) is 9.88 Å². The number of nitrogens with zero attached hydrogens (tertiary/aromatic N) is 2. The largest absolute Gasteiger partial charge is 0.497 e. The molecule has 0 amide bonds. The zero-order chi connectivity index (χ0) is 25.2. The third kappa shape index (κ3) is 4.95. The molecule has 0 spiro atoms. The molecular weight excluding hydrogens is 459 g/mol. The van der Waals surface area contributed by atoms with E-state index in [0.29, 0.717) is 48.0 Å². The lowest BCUT2D eigenvalue weighted by atomic mass is 9.73. The van der Waals surface area contributed by atoms with Gasteiger partial charge in [0.2, 0.25) is 0 Å². The number of rotatable bonds is 8. The van der Waals surface area contributed by atoms with E-state index in [2.05, 4.69) is 34.1 Å². The standard InChI is InChI=1S/C29H33FN2O4/c1-36-22-8-9-26-23(15-22)28(25(30)16-31-26)27(33)10-7-19-11-12-32(17-24(19)29(34)35)21-13-20(14-21)18-5-3-2-4-6-18/h2-6,8-9,15-16,19-21,24,27,33H,7,10-14,17H2,1H3,(H,34,35)/t19-,20?,21?,24+,27+/m1/s1. The molecule has 2 heterocycles. The average Bonchev–Trinajstić information content (AvgIpc) is 2.86. The van der Waals surface area contributed by atoms with Crippen LogP contribution in [0, 0.1) is 17.7 Å². The molecule has 36 heavy (non-hydrogen) atoms. The van der Waals surface area contributed by atoms with Crippen molar-refractivity contribution in [2.75, 3.05) is 20.2 Å². The molecule has 2 aliphatic rings. The number of benzene rings is 2. The Hall–Kier alpha value is -3.03. The number of carboxylic acids is 1. The minimum Gasteiger partial charge on any atom is -0.497 e.